The highest BCUT2D eigenvalue weighted by atomic mass is 16.5. The minimum atomic E-state index is 0.0184. The lowest BCUT2D eigenvalue weighted by Crippen LogP contribution is -2.30. The zero-order valence-electron chi connectivity index (χ0n) is 14.3. The third-order valence-electron chi connectivity index (χ3n) is 4.08. The van der Waals surface area contributed by atoms with Crippen LogP contribution < -0.4 is 15.4 Å². The maximum atomic E-state index is 12.0. The van der Waals surface area contributed by atoms with Gasteiger partial charge in [0, 0.05) is 24.2 Å². The van der Waals surface area contributed by atoms with Crippen LogP contribution in [0.4, 0.5) is 5.69 Å². The fraction of sp³-hybridized carbons (Fsp3) is 0.190. The summed E-state index contributed by atoms with van der Waals surface area (Å²) in [5, 5.41) is 8.73. The number of methoxy groups -OCH3 is 1. The Morgan fingerprint density at radius 3 is 2.48 bits per heavy atom. The van der Waals surface area contributed by atoms with Gasteiger partial charge in [0.25, 0.3) is 0 Å². The number of rotatable bonds is 7. The minimum Gasteiger partial charge on any atom is -0.497 e. The quantitative estimate of drug-likeness (QED) is 0.649. The van der Waals surface area contributed by atoms with Gasteiger partial charge < -0.3 is 15.4 Å². The van der Waals surface area contributed by atoms with Crippen LogP contribution in [0.1, 0.15) is 5.56 Å². The van der Waals surface area contributed by atoms with Crippen LogP contribution in [0.3, 0.4) is 0 Å². The van der Waals surface area contributed by atoms with Gasteiger partial charge in [-0.25, -0.2) is 0 Å². The van der Waals surface area contributed by atoms with Gasteiger partial charge in [-0.1, -0.05) is 48.5 Å². The van der Waals surface area contributed by atoms with E-state index in [-0.39, 0.29) is 5.91 Å². The SMILES string of the molecule is COc1ccc(CC(=O)NCCNc2cccc3ccccc23)cc1. The highest BCUT2D eigenvalue weighted by Crippen LogP contribution is 2.22. The summed E-state index contributed by atoms with van der Waals surface area (Å²) in [6.45, 7) is 1.26. The Bertz CT molecular complexity index is 839. The van der Waals surface area contributed by atoms with Crippen molar-refractivity contribution in [2.45, 2.75) is 6.42 Å². The lowest BCUT2D eigenvalue weighted by atomic mass is 10.1. The molecule has 0 saturated carbocycles. The predicted molar refractivity (Wildman–Crippen MR) is 102 cm³/mol. The van der Waals surface area contributed by atoms with E-state index in [0.29, 0.717) is 19.5 Å². The summed E-state index contributed by atoms with van der Waals surface area (Å²) in [4.78, 5) is 12.0. The standard InChI is InChI=1S/C21H22N2O2/c1-25-18-11-9-16(10-12-18)15-21(24)23-14-13-22-20-8-4-6-17-5-2-3-7-19(17)20/h2-12,22H,13-15H2,1H3,(H,23,24). The van der Waals surface area contributed by atoms with Gasteiger partial charge in [0.2, 0.25) is 5.91 Å². The Morgan fingerprint density at radius 1 is 0.920 bits per heavy atom. The second kappa shape index (κ2) is 8.20. The van der Waals surface area contributed by atoms with Gasteiger partial charge in [-0.05, 0) is 29.1 Å². The van der Waals surface area contributed by atoms with Crippen LogP contribution in [0.25, 0.3) is 10.8 Å². The van der Waals surface area contributed by atoms with E-state index in [1.807, 2.05) is 42.5 Å². The Balaban J connectivity index is 1.46. The normalized spacial score (nSPS) is 10.4. The van der Waals surface area contributed by atoms with Crippen molar-refractivity contribution < 1.29 is 9.53 Å². The first-order valence-electron chi connectivity index (χ1n) is 8.37. The third kappa shape index (κ3) is 4.51. The first-order valence-corrected chi connectivity index (χ1v) is 8.37. The fourth-order valence-corrected chi connectivity index (χ4v) is 2.77. The minimum absolute atomic E-state index is 0.0184. The topological polar surface area (TPSA) is 50.4 Å². The highest BCUT2D eigenvalue weighted by Gasteiger charge is 2.04. The molecule has 0 aliphatic rings. The molecule has 0 bridgehead atoms. The second-order valence-corrected chi connectivity index (χ2v) is 5.83. The van der Waals surface area contributed by atoms with Crippen molar-refractivity contribution in [1.29, 1.82) is 0 Å². The van der Waals surface area contributed by atoms with Crippen LogP contribution in [-0.2, 0) is 11.2 Å². The summed E-state index contributed by atoms with van der Waals surface area (Å²) in [6, 6.07) is 22.0. The molecule has 0 fully saturated rings. The summed E-state index contributed by atoms with van der Waals surface area (Å²) < 4.78 is 5.12. The molecule has 25 heavy (non-hydrogen) atoms. The average Bonchev–Trinajstić information content (AvgIpc) is 2.66. The average molecular weight is 334 g/mol. The molecule has 0 unspecified atom stereocenters. The van der Waals surface area contributed by atoms with E-state index in [1.54, 1.807) is 7.11 Å². The lowest BCUT2D eigenvalue weighted by Gasteiger charge is -2.11. The van der Waals surface area contributed by atoms with Crippen molar-refractivity contribution in [1.82, 2.24) is 5.32 Å². The molecule has 0 radical (unpaired) electrons. The maximum Gasteiger partial charge on any atom is 0.224 e. The maximum absolute atomic E-state index is 12.0. The molecule has 4 nitrogen and oxygen atoms in total. The van der Waals surface area contributed by atoms with Crippen molar-refractivity contribution in [3.63, 3.8) is 0 Å². The summed E-state index contributed by atoms with van der Waals surface area (Å²) >= 11 is 0. The molecule has 2 N–H and O–H groups in total. The van der Waals surface area contributed by atoms with Crippen LogP contribution in [0, 0.1) is 0 Å². The Kier molecular flexibility index (Phi) is 5.52. The number of carbonyl (C=O) groups excluding carboxylic acids is 1. The van der Waals surface area contributed by atoms with Gasteiger partial charge in [-0.15, -0.1) is 0 Å². The van der Waals surface area contributed by atoms with E-state index in [9.17, 15) is 4.79 Å². The van der Waals surface area contributed by atoms with Crippen LogP contribution >= 0.6 is 0 Å². The van der Waals surface area contributed by atoms with E-state index in [4.69, 9.17) is 4.74 Å². The summed E-state index contributed by atoms with van der Waals surface area (Å²) in [6.07, 6.45) is 0.373. The number of fused-ring (bicyclic) bond motifs is 1. The van der Waals surface area contributed by atoms with Gasteiger partial charge in [0.05, 0.1) is 13.5 Å². The molecule has 128 valence electrons. The van der Waals surface area contributed by atoms with Crippen molar-refractivity contribution in [2.75, 3.05) is 25.5 Å². The Labute approximate surface area is 147 Å². The molecule has 0 atom stereocenters. The first kappa shape index (κ1) is 16.8. The summed E-state index contributed by atoms with van der Waals surface area (Å²) in [7, 11) is 1.63. The van der Waals surface area contributed by atoms with Crippen molar-refractivity contribution >= 4 is 22.4 Å². The number of hydrogen-bond donors (Lipinski definition) is 2. The largest absolute Gasteiger partial charge is 0.497 e. The number of amides is 1. The zero-order chi connectivity index (χ0) is 17.5. The number of nitrogens with one attached hydrogen (secondary N) is 2. The monoisotopic (exact) mass is 334 g/mol. The molecule has 3 aromatic rings. The fourth-order valence-electron chi connectivity index (χ4n) is 2.77. The summed E-state index contributed by atoms with van der Waals surface area (Å²) in [5.41, 5.74) is 2.06. The predicted octanol–water partition coefficient (Wildman–Crippen LogP) is 3.62. The van der Waals surface area contributed by atoms with E-state index in [0.717, 1.165) is 17.0 Å². The molecule has 3 rings (SSSR count). The first-order chi connectivity index (χ1) is 12.3. The molecule has 4 heteroatoms. The van der Waals surface area contributed by atoms with E-state index in [2.05, 4.69) is 34.9 Å². The lowest BCUT2D eigenvalue weighted by molar-refractivity contribution is -0.120. The van der Waals surface area contributed by atoms with Gasteiger partial charge in [-0.3, -0.25) is 4.79 Å². The van der Waals surface area contributed by atoms with Crippen LogP contribution in [0.15, 0.2) is 66.7 Å². The van der Waals surface area contributed by atoms with Gasteiger partial charge >= 0.3 is 0 Å². The molecule has 0 heterocycles. The van der Waals surface area contributed by atoms with Crippen molar-refractivity contribution in [3.05, 3.63) is 72.3 Å². The number of benzene rings is 3. The molecular weight excluding hydrogens is 312 g/mol. The molecule has 0 aliphatic carbocycles. The van der Waals surface area contributed by atoms with Crippen LogP contribution in [0.2, 0.25) is 0 Å². The molecule has 3 aromatic carbocycles. The number of carbonyl (C=O) groups is 1. The van der Waals surface area contributed by atoms with Crippen molar-refractivity contribution in [2.24, 2.45) is 0 Å². The molecule has 1 amide bonds. The van der Waals surface area contributed by atoms with Gasteiger partial charge in [-0.2, -0.15) is 0 Å². The van der Waals surface area contributed by atoms with E-state index < -0.39 is 0 Å². The number of hydrogen-bond acceptors (Lipinski definition) is 3. The van der Waals surface area contributed by atoms with Gasteiger partial charge in [0.15, 0.2) is 0 Å². The summed E-state index contributed by atoms with van der Waals surface area (Å²) in [5.74, 6) is 0.813. The molecule has 0 saturated heterocycles. The zero-order valence-corrected chi connectivity index (χ0v) is 14.3. The van der Waals surface area contributed by atoms with E-state index >= 15 is 0 Å². The van der Waals surface area contributed by atoms with Gasteiger partial charge in [0.1, 0.15) is 5.75 Å². The highest BCUT2D eigenvalue weighted by molar-refractivity contribution is 5.93. The van der Waals surface area contributed by atoms with E-state index in [1.165, 1.54) is 10.8 Å². The number of anilines is 1. The second-order valence-electron chi connectivity index (χ2n) is 5.83. The Hall–Kier alpha value is -3.01. The van der Waals surface area contributed by atoms with Crippen molar-refractivity contribution in [3.8, 4) is 5.75 Å². The molecule has 0 aliphatic heterocycles. The molecule has 0 spiro atoms. The molecular formula is C21H22N2O2. The van der Waals surface area contributed by atoms with Crippen LogP contribution in [0.5, 0.6) is 5.75 Å². The Morgan fingerprint density at radius 2 is 1.68 bits per heavy atom. The molecule has 0 aromatic heterocycles. The number of ether oxygens (including phenoxy) is 1. The smallest absolute Gasteiger partial charge is 0.224 e. The third-order valence-corrected chi connectivity index (χ3v) is 4.08. The van der Waals surface area contributed by atoms with Crippen LogP contribution in [-0.4, -0.2) is 26.1 Å².